The normalized spacial score (nSPS) is 29.3. The van der Waals surface area contributed by atoms with E-state index in [2.05, 4.69) is 6.07 Å². The largest absolute Gasteiger partial charge is 0.457 e. The van der Waals surface area contributed by atoms with Crippen LogP contribution in [-0.4, -0.2) is 17.0 Å². The molecule has 3 rings (SSSR count). The summed E-state index contributed by atoms with van der Waals surface area (Å²) in [4.78, 5) is 22.5. The van der Waals surface area contributed by atoms with Crippen molar-refractivity contribution in [3.05, 3.63) is 39.9 Å². The van der Waals surface area contributed by atoms with Gasteiger partial charge in [-0.25, -0.2) is 4.79 Å². The van der Waals surface area contributed by atoms with Gasteiger partial charge in [-0.2, -0.15) is 5.26 Å². The number of hydrogen-bond donors (Lipinski definition) is 0. The van der Waals surface area contributed by atoms with Gasteiger partial charge in [0.15, 0.2) is 0 Å². The molecule has 0 heterocycles. The summed E-state index contributed by atoms with van der Waals surface area (Å²) >= 11 is 0. The lowest BCUT2D eigenvalue weighted by molar-refractivity contribution is -0.384. The third kappa shape index (κ3) is 2.67. The minimum absolute atomic E-state index is 0.0664. The maximum atomic E-state index is 12.3. The van der Waals surface area contributed by atoms with Crippen LogP contribution in [0, 0.1) is 32.8 Å². The summed E-state index contributed by atoms with van der Waals surface area (Å²) < 4.78 is 5.63. The van der Waals surface area contributed by atoms with Crippen LogP contribution in [0.2, 0.25) is 0 Å². The zero-order valence-corrected chi connectivity index (χ0v) is 12.7. The second-order valence-corrected chi connectivity index (χ2v) is 6.37. The van der Waals surface area contributed by atoms with E-state index in [4.69, 9.17) is 4.74 Å². The molecule has 2 saturated carbocycles. The lowest BCUT2D eigenvalue weighted by Gasteiger charge is -2.36. The van der Waals surface area contributed by atoms with E-state index in [9.17, 15) is 20.2 Å². The number of esters is 1. The van der Waals surface area contributed by atoms with Crippen LogP contribution in [0.3, 0.4) is 0 Å². The Morgan fingerprint density at radius 1 is 1.26 bits per heavy atom. The van der Waals surface area contributed by atoms with Crippen molar-refractivity contribution >= 4 is 11.7 Å². The first-order valence-electron chi connectivity index (χ1n) is 7.93. The number of nitrogens with zero attached hydrogens (tertiary/aromatic N) is 2. The molecule has 0 saturated heterocycles. The van der Waals surface area contributed by atoms with E-state index in [1.54, 1.807) is 0 Å². The zero-order valence-electron chi connectivity index (χ0n) is 12.7. The minimum atomic E-state index is -0.547. The molecule has 6 heteroatoms. The smallest absolute Gasteiger partial charge is 0.338 e. The van der Waals surface area contributed by atoms with Crippen molar-refractivity contribution in [2.75, 3.05) is 0 Å². The second kappa shape index (κ2) is 5.99. The quantitative estimate of drug-likeness (QED) is 0.482. The summed E-state index contributed by atoms with van der Waals surface area (Å²) in [5.41, 5.74) is -0.333. The first kappa shape index (κ1) is 15.5. The number of carbonyl (C=O) groups is 1. The predicted octanol–water partition coefficient (Wildman–Crippen LogP) is 3.61. The average Bonchev–Trinajstić information content (AvgIpc) is 2.94. The monoisotopic (exact) mass is 314 g/mol. The van der Waals surface area contributed by atoms with Crippen LogP contribution in [0.1, 0.15) is 48.9 Å². The van der Waals surface area contributed by atoms with Gasteiger partial charge in [0.05, 0.1) is 22.0 Å². The van der Waals surface area contributed by atoms with Crippen molar-refractivity contribution in [2.24, 2.45) is 11.3 Å². The van der Waals surface area contributed by atoms with Gasteiger partial charge in [-0.1, -0.05) is 12.8 Å². The molecule has 2 aliphatic rings. The molecule has 2 fully saturated rings. The fraction of sp³-hybridized carbons (Fsp3) is 0.529. The average molecular weight is 314 g/mol. The lowest BCUT2D eigenvalue weighted by atomic mass is 9.68. The second-order valence-electron chi connectivity index (χ2n) is 6.37. The molecule has 6 nitrogen and oxygen atoms in total. The van der Waals surface area contributed by atoms with Crippen LogP contribution < -0.4 is 0 Å². The van der Waals surface area contributed by atoms with Gasteiger partial charge in [-0.15, -0.1) is 0 Å². The number of nitro benzene ring substituents is 1. The molecule has 2 aliphatic carbocycles. The SMILES string of the molecule is N#C[C@]12CCCC[C@H]1CC[C@H]2OC(=O)c1ccc([N+](=O)[O-])cc1. The van der Waals surface area contributed by atoms with E-state index in [1.165, 1.54) is 24.3 Å². The van der Waals surface area contributed by atoms with Crippen molar-refractivity contribution < 1.29 is 14.5 Å². The molecule has 0 N–H and O–H groups in total. The molecule has 1 aromatic rings. The molecule has 0 radical (unpaired) electrons. The van der Waals surface area contributed by atoms with Crippen LogP contribution in [0.4, 0.5) is 5.69 Å². The molecular formula is C17H18N2O4. The van der Waals surface area contributed by atoms with Crippen molar-refractivity contribution in [1.29, 1.82) is 5.26 Å². The highest BCUT2D eigenvalue weighted by molar-refractivity contribution is 5.89. The third-order valence-corrected chi connectivity index (χ3v) is 5.24. The summed E-state index contributed by atoms with van der Waals surface area (Å²) in [6, 6.07) is 7.81. The minimum Gasteiger partial charge on any atom is -0.457 e. The fourth-order valence-electron chi connectivity index (χ4n) is 4.01. The molecule has 0 unspecified atom stereocenters. The van der Waals surface area contributed by atoms with Gasteiger partial charge in [-0.05, 0) is 43.7 Å². The number of fused-ring (bicyclic) bond motifs is 1. The Hall–Kier alpha value is -2.42. The van der Waals surface area contributed by atoms with Crippen molar-refractivity contribution in [3.63, 3.8) is 0 Å². The Bertz CT molecular complexity index is 664. The summed E-state index contributed by atoms with van der Waals surface area (Å²) in [6.45, 7) is 0. The Labute approximate surface area is 134 Å². The molecule has 0 amide bonds. The molecule has 120 valence electrons. The topological polar surface area (TPSA) is 93.2 Å². The maximum Gasteiger partial charge on any atom is 0.338 e. The summed E-state index contributed by atoms with van der Waals surface area (Å²) in [7, 11) is 0. The van der Waals surface area contributed by atoms with Gasteiger partial charge >= 0.3 is 5.97 Å². The molecular weight excluding hydrogens is 296 g/mol. The number of benzene rings is 1. The Morgan fingerprint density at radius 3 is 2.65 bits per heavy atom. The van der Waals surface area contributed by atoms with Gasteiger partial charge in [0.2, 0.25) is 0 Å². The van der Waals surface area contributed by atoms with Crippen LogP contribution in [0.5, 0.6) is 0 Å². The van der Waals surface area contributed by atoms with E-state index in [1.807, 2.05) is 0 Å². The predicted molar refractivity (Wildman–Crippen MR) is 81.5 cm³/mol. The van der Waals surface area contributed by atoms with Crippen molar-refractivity contribution in [3.8, 4) is 6.07 Å². The van der Waals surface area contributed by atoms with Crippen molar-refractivity contribution in [1.82, 2.24) is 0 Å². The lowest BCUT2D eigenvalue weighted by Crippen LogP contribution is -2.39. The van der Waals surface area contributed by atoms with Crippen LogP contribution in [0.25, 0.3) is 0 Å². The Kier molecular flexibility index (Phi) is 4.03. The first-order valence-corrected chi connectivity index (χ1v) is 7.93. The highest BCUT2D eigenvalue weighted by atomic mass is 16.6. The van der Waals surface area contributed by atoms with E-state index in [0.717, 1.165) is 38.5 Å². The van der Waals surface area contributed by atoms with Gasteiger partial charge in [0.25, 0.3) is 5.69 Å². The van der Waals surface area contributed by atoms with Crippen LogP contribution in [0.15, 0.2) is 24.3 Å². The summed E-state index contributed by atoms with van der Waals surface area (Å²) in [5, 5.41) is 20.3. The van der Waals surface area contributed by atoms with Gasteiger partial charge in [0, 0.05) is 12.1 Å². The molecule has 1 aromatic carbocycles. The number of hydrogen-bond acceptors (Lipinski definition) is 5. The molecule has 0 aliphatic heterocycles. The van der Waals surface area contributed by atoms with Crippen LogP contribution in [-0.2, 0) is 4.74 Å². The summed E-state index contributed by atoms with van der Waals surface area (Å²) in [6.07, 6.45) is 5.21. The molecule has 0 aromatic heterocycles. The number of ether oxygens (including phenoxy) is 1. The van der Waals surface area contributed by atoms with Gasteiger partial charge in [0.1, 0.15) is 6.10 Å². The zero-order chi connectivity index (χ0) is 16.4. The number of nitriles is 1. The Balaban J connectivity index is 1.75. The van der Waals surface area contributed by atoms with Gasteiger partial charge in [-0.3, -0.25) is 10.1 Å². The van der Waals surface area contributed by atoms with Crippen LogP contribution >= 0.6 is 0 Å². The van der Waals surface area contributed by atoms with Crippen molar-refractivity contribution in [2.45, 2.75) is 44.6 Å². The van der Waals surface area contributed by atoms with E-state index < -0.39 is 16.3 Å². The van der Waals surface area contributed by atoms with E-state index in [0.29, 0.717) is 5.92 Å². The van der Waals surface area contributed by atoms with Gasteiger partial charge < -0.3 is 4.74 Å². The summed E-state index contributed by atoms with van der Waals surface area (Å²) in [5.74, 6) is -0.193. The molecule has 0 spiro atoms. The molecule has 23 heavy (non-hydrogen) atoms. The highest BCUT2D eigenvalue weighted by Gasteiger charge is 2.53. The van der Waals surface area contributed by atoms with E-state index >= 15 is 0 Å². The number of carbonyl (C=O) groups excluding carboxylic acids is 1. The van der Waals surface area contributed by atoms with E-state index in [-0.39, 0.29) is 17.4 Å². The maximum absolute atomic E-state index is 12.3. The fourth-order valence-corrected chi connectivity index (χ4v) is 4.01. The first-order chi connectivity index (χ1) is 11.1. The Morgan fingerprint density at radius 2 is 2.00 bits per heavy atom. The highest BCUT2D eigenvalue weighted by Crippen LogP contribution is 2.53. The number of nitro groups is 1. The molecule has 3 atom stereocenters. The third-order valence-electron chi connectivity index (χ3n) is 5.24. The molecule has 0 bridgehead atoms. The number of non-ortho nitro benzene ring substituents is 1. The standard InChI is InChI=1S/C17H18N2O4/c18-11-17-10-2-1-3-13(17)6-9-15(17)23-16(20)12-4-7-14(8-5-12)19(21)22/h4-5,7-8,13,15H,1-3,6,9-10H2/t13-,15+,17+/m0/s1. The number of rotatable bonds is 3.